The number of hydrogen-bond acceptors (Lipinski definition) is 5. The van der Waals surface area contributed by atoms with E-state index in [4.69, 9.17) is 9.15 Å². The van der Waals surface area contributed by atoms with E-state index in [1.54, 1.807) is 13.3 Å². The second-order valence-electron chi connectivity index (χ2n) is 8.01. The Bertz CT molecular complexity index is 1000. The number of pyridine rings is 1. The van der Waals surface area contributed by atoms with Crippen molar-refractivity contribution in [3.8, 4) is 5.75 Å². The third-order valence-corrected chi connectivity index (χ3v) is 6.26. The van der Waals surface area contributed by atoms with Crippen molar-refractivity contribution >= 4 is 17.0 Å². The van der Waals surface area contributed by atoms with Gasteiger partial charge < -0.3 is 14.5 Å². The molecule has 2 bridgehead atoms. The number of aromatic nitrogens is 1. The first-order valence-corrected chi connectivity index (χ1v) is 10.2. The van der Waals surface area contributed by atoms with Crippen LogP contribution in [0.15, 0.2) is 53.1 Å². The molecule has 0 spiro atoms. The van der Waals surface area contributed by atoms with Gasteiger partial charge in [0.1, 0.15) is 0 Å². The van der Waals surface area contributed by atoms with Crippen molar-refractivity contribution in [3.05, 3.63) is 60.0 Å². The van der Waals surface area contributed by atoms with Crippen molar-refractivity contribution in [2.75, 3.05) is 7.11 Å². The van der Waals surface area contributed by atoms with Crippen LogP contribution in [-0.2, 0) is 6.54 Å². The molecule has 29 heavy (non-hydrogen) atoms. The lowest BCUT2D eigenvalue weighted by molar-refractivity contribution is 0.0803. The SMILES string of the molecule is COc1c(C(=O)NC2CC3CCC(C2)N3Cc2ccccc2)oc2ncccc12. The van der Waals surface area contributed by atoms with E-state index < -0.39 is 0 Å². The van der Waals surface area contributed by atoms with Gasteiger partial charge in [-0.25, -0.2) is 4.98 Å². The molecule has 2 unspecified atom stereocenters. The van der Waals surface area contributed by atoms with E-state index in [9.17, 15) is 4.79 Å². The maximum absolute atomic E-state index is 12.9. The molecule has 6 heteroatoms. The van der Waals surface area contributed by atoms with E-state index in [0.29, 0.717) is 23.5 Å². The molecule has 1 N–H and O–H groups in total. The van der Waals surface area contributed by atoms with Crippen LogP contribution in [0.2, 0.25) is 0 Å². The minimum absolute atomic E-state index is 0.151. The van der Waals surface area contributed by atoms with Crippen molar-refractivity contribution in [2.45, 2.75) is 50.4 Å². The minimum atomic E-state index is -0.222. The maximum Gasteiger partial charge on any atom is 0.291 e. The number of amides is 1. The van der Waals surface area contributed by atoms with Gasteiger partial charge in [0.25, 0.3) is 5.91 Å². The van der Waals surface area contributed by atoms with Gasteiger partial charge in [0.15, 0.2) is 5.75 Å². The van der Waals surface area contributed by atoms with Crippen molar-refractivity contribution in [1.82, 2.24) is 15.2 Å². The molecule has 0 saturated carbocycles. The van der Waals surface area contributed by atoms with Gasteiger partial charge in [-0.3, -0.25) is 9.69 Å². The Hall–Kier alpha value is -2.86. The highest BCUT2D eigenvalue weighted by molar-refractivity contribution is 6.00. The van der Waals surface area contributed by atoms with Crippen LogP contribution < -0.4 is 10.1 Å². The number of rotatable bonds is 5. The van der Waals surface area contributed by atoms with Crippen LogP contribution >= 0.6 is 0 Å². The van der Waals surface area contributed by atoms with E-state index in [0.717, 1.165) is 24.8 Å². The number of carbonyl (C=O) groups excluding carboxylic acids is 1. The molecular weight excluding hydrogens is 366 g/mol. The average molecular weight is 391 g/mol. The lowest BCUT2D eigenvalue weighted by Crippen LogP contribution is -2.49. The van der Waals surface area contributed by atoms with Gasteiger partial charge in [-0.05, 0) is 43.4 Å². The van der Waals surface area contributed by atoms with Crippen molar-refractivity contribution in [1.29, 1.82) is 0 Å². The summed E-state index contributed by atoms with van der Waals surface area (Å²) in [6.45, 7) is 0.986. The molecule has 2 aliphatic rings. The van der Waals surface area contributed by atoms with Crippen molar-refractivity contribution in [3.63, 3.8) is 0 Å². The zero-order valence-corrected chi connectivity index (χ0v) is 16.5. The van der Waals surface area contributed by atoms with Crippen LogP contribution in [0.5, 0.6) is 5.75 Å². The van der Waals surface area contributed by atoms with Crippen LogP contribution in [0.3, 0.4) is 0 Å². The molecule has 150 valence electrons. The molecule has 5 rings (SSSR count). The molecule has 0 radical (unpaired) electrons. The van der Waals surface area contributed by atoms with Gasteiger partial charge >= 0.3 is 0 Å². The van der Waals surface area contributed by atoms with Crippen LogP contribution in [0, 0.1) is 0 Å². The Balaban J connectivity index is 1.29. The number of piperidine rings is 1. The molecule has 3 aromatic rings. The molecule has 2 fully saturated rings. The molecule has 6 nitrogen and oxygen atoms in total. The van der Waals surface area contributed by atoms with E-state index in [1.165, 1.54) is 18.4 Å². The van der Waals surface area contributed by atoms with Crippen molar-refractivity contribution < 1.29 is 13.9 Å². The normalized spacial score (nSPS) is 24.0. The van der Waals surface area contributed by atoms with E-state index in [1.807, 2.05) is 12.1 Å². The number of nitrogens with zero attached hydrogens (tertiary/aromatic N) is 2. The molecule has 2 atom stereocenters. The van der Waals surface area contributed by atoms with E-state index in [2.05, 4.69) is 45.5 Å². The smallest absolute Gasteiger partial charge is 0.291 e. The first kappa shape index (κ1) is 18.2. The molecule has 2 saturated heterocycles. The molecule has 1 amide bonds. The fourth-order valence-electron chi connectivity index (χ4n) is 4.96. The first-order chi connectivity index (χ1) is 14.2. The lowest BCUT2D eigenvalue weighted by atomic mass is 9.96. The van der Waals surface area contributed by atoms with E-state index in [-0.39, 0.29) is 17.7 Å². The number of benzene rings is 1. The first-order valence-electron chi connectivity index (χ1n) is 10.2. The molecule has 2 aromatic heterocycles. The second kappa shape index (κ2) is 7.52. The molecule has 1 aromatic carbocycles. The Kier molecular flexibility index (Phi) is 4.72. The third-order valence-electron chi connectivity index (χ3n) is 6.26. The summed E-state index contributed by atoms with van der Waals surface area (Å²) in [5.74, 6) is 0.441. The number of carbonyl (C=O) groups is 1. The number of ether oxygens (including phenoxy) is 1. The van der Waals surface area contributed by atoms with Gasteiger partial charge in [0, 0.05) is 30.9 Å². The topological polar surface area (TPSA) is 67.6 Å². The fourth-order valence-corrected chi connectivity index (χ4v) is 4.96. The summed E-state index contributed by atoms with van der Waals surface area (Å²) in [4.78, 5) is 19.7. The molecule has 4 heterocycles. The third kappa shape index (κ3) is 3.38. The lowest BCUT2D eigenvalue weighted by Gasteiger charge is -2.39. The number of methoxy groups -OCH3 is 1. The summed E-state index contributed by atoms with van der Waals surface area (Å²) in [6, 6.07) is 15.5. The Morgan fingerprint density at radius 1 is 1.17 bits per heavy atom. The number of fused-ring (bicyclic) bond motifs is 3. The summed E-state index contributed by atoms with van der Waals surface area (Å²) in [5, 5.41) is 3.91. The van der Waals surface area contributed by atoms with Crippen LogP contribution in [-0.4, -0.2) is 41.0 Å². The number of hydrogen-bond donors (Lipinski definition) is 1. The maximum atomic E-state index is 12.9. The van der Waals surface area contributed by atoms with E-state index >= 15 is 0 Å². The second-order valence-corrected chi connectivity index (χ2v) is 8.01. The van der Waals surface area contributed by atoms with Crippen LogP contribution in [0.1, 0.15) is 41.8 Å². The summed E-state index contributed by atoms with van der Waals surface area (Å²) in [6.07, 6.45) is 5.97. The number of nitrogens with one attached hydrogen (secondary N) is 1. The predicted molar refractivity (Wildman–Crippen MR) is 110 cm³/mol. The Morgan fingerprint density at radius 2 is 1.93 bits per heavy atom. The highest BCUT2D eigenvalue weighted by Crippen LogP contribution is 2.37. The molecule has 2 aliphatic heterocycles. The zero-order chi connectivity index (χ0) is 19.8. The molecular formula is C23H25N3O3. The van der Waals surface area contributed by atoms with Gasteiger partial charge in [-0.15, -0.1) is 0 Å². The van der Waals surface area contributed by atoms with Crippen molar-refractivity contribution in [2.24, 2.45) is 0 Å². The monoisotopic (exact) mass is 391 g/mol. The van der Waals surface area contributed by atoms with Gasteiger partial charge in [-0.1, -0.05) is 30.3 Å². The standard InChI is InChI=1S/C23H25N3O3/c1-28-20-19-8-5-11-24-23(19)29-21(20)22(27)25-16-12-17-9-10-18(13-16)26(17)14-15-6-3-2-4-7-15/h2-8,11,16-18H,9-10,12-14H2,1H3,(H,25,27). The fraction of sp³-hybridized carbons (Fsp3) is 0.391. The summed E-state index contributed by atoms with van der Waals surface area (Å²) >= 11 is 0. The summed E-state index contributed by atoms with van der Waals surface area (Å²) < 4.78 is 11.1. The highest BCUT2D eigenvalue weighted by atomic mass is 16.5. The van der Waals surface area contributed by atoms with Gasteiger partial charge in [0.2, 0.25) is 11.5 Å². The molecule has 0 aliphatic carbocycles. The summed E-state index contributed by atoms with van der Waals surface area (Å²) in [7, 11) is 1.55. The Labute approximate surface area is 169 Å². The number of furan rings is 1. The highest BCUT2D eigenvalue weighted by Gasteiger charge is 2.41. The largest absolute Gasteiger partial charge is 0.492 e. The van der Waals surface area contributed by atoms with Crippen LogP contribution in [0.4, 0.5) is 0 Å². The van der Waals surface area contributed by atoms with Gasteiger partial charge in [-0.2, -0.15) is 0 Å². The summed E-state index contributed by atoms with van der Waals surface area (Å²) in [5.41, 5.74) is 1.78. The zero-order valence-electron chi connectivity index (χ0n) is 16.5. The Morgan fingerprint density at radius 3 is 2.66 bits per heavy atom. The minimum Gasteiger partial charge on any atom is -0.492 e. The predicted octanol–water partition coefficient (Wildman–Crippen LogP) is 3.76. The quantitative estimate of drug-likeness (QED) is 0.717. The van der Waals surface area contributed by atoms with Gasteiger partial charge in [0.05, 0.1) is 12.5 Å². The van der Waals surface area contributed by atoms with Crippen LogP contribution in [0.25, 0.3) is 11.1 Å². The average Bonchev–Trinajstić information content (AvgIpc) is 3.22.